The molecule has 0 spiro atoms. The molecule has 2 aliphatic rings. The third-order valence-electron chi connectivity index (χ3n) is 6.61. The van der Waals surface area contributed by atoms with Crippen LogP contribution in [0.5, 0.6) is 11.5 Å². The standard InChI is InChI=1S/C27H29NO2/c29-22-11-15-26-21(17-22)10-14-25(19-5-2-1-3-6-19)27(26)20-8-12-23(13-9-20)30-24-7-4-16-28-18-24/h1-3,5-6,8-9,11-13,15,17,24-25,27-29H,4,7,10,14,16,18H2/t24?,25-,27+/m1/s1. The summed E-state index contributed by atoms with van der Waals surface area (Å²) < 4.78 is 6.20. The van der Waals surface area contributed by atoms with E-state index in [-0.39, 0.29) is 12.0 Å². The number of fused-ring (bicyclic) bond motifs is 1. The summed E-state index contributed by atoms with van der Waals surface area (Å²) in [4.78, 5) is 0. The Kier molecular flexibility index (Phi) is 5.46. The van der Waals surface area contributed by atoms with E-state index < -0.39 is 0 Å². The average molecular weight is 400 g/mol. The molecule has 3 aromatic rings. The smallest absolute Gasteiger partial charge is 0.119 e. The van der Waals surface area contributed by atoms with Gasteiger partial charge in [-0.25, -0.2) is 0 Å². The highest BCUT2D eigenvalue weighted by Crippen LogP contribution is 2.47. The van der Waals surface area contributed by atoms with Crippen LogP contribution in [0.25, 0.3) is 0 Å². The minimum absolute atomic E-state index is 0.264. The Balaban J connectivity index is 1.47. The Morgan fingerprint density at radius 2 is 1.70 bits per heavy atom. The molecule has 3 heteroatoms. The van der Waals surface area contributed by atoms with E-state index in [1.807, 2.05) is 12.1 Å². The van der Waals surface area contributed by atoms with Gasteiger partial charge in [-0.2, -0.15) is 0 Å². The van der Waals surface area contributed by atoms with Gasteiger partial charge in [0.05, 0.1) is 0 Å². The molecule has 3 nitrogen and oxygen atoms in total. The molecule has 1 aliphatic carbocycles. The molecule has 1 fully saturated rings. The van der Waals surface area contributed by atoms with Crippen molar-refractivity contribution in [3.63, 3.8) is 0 Å². The van der Waals surface area contributed by atoms with Crippen molar-refractivity contribution in [2.75, 3.05) is 13.1 Å². The monoisotopic (exact) mass is 399 g/mol. The molecule has 2 N–H and O–H groups in total. The first-order chi connectivity index (χ1) is 14.8. The lowest BCUT2D eigenvalue weighted by atomic mass is 9.69. The SMILES string of the molecule is Oc1ccc2c(c1)CC[C@H](c1ccccc1)[C@@H]2c1ccc(OC2CCCNC2)cc1. The largest absolute Gasteiger partial charge is 0.508 e. The van der Waals surface area contributed by atoms with Crippen LogP contribution in [0.1, 0.15) is 53.4 Å². The van der Waals surface area contributed by atoms with Crippen molar-refractivity contribution < 1.29 is 9.84 Å². The van der Waals surface area contributed by atoms with Gasteiger partial charge in [0.15, 0.2) is 0 Å². The number of aryl methyl sites for hydroxylation is 1. The summed E-state index contributed by atoms with van der Waals surface area (Å²) in [6, 6.07) is 25.4. The maximum Gasteiger partial charge on any atom is 0.119 e. The van der Waals surface area contributed by atoms with E-state index in [9.17, 15) is 5.11 Å². The molecule has 1 unspecified atom stereocenters. The molecule has 0 saturated carbocycles. The number of phenols is 1. The summed E-state index contributed by atoms with van der Waals surface area (Å²) >= 11 is 0. The lowest BCUT2D eigenvalue weighted by Crippen LogP contribution is -2.37. The van der Waals surface area contributed by atoms with Crippen LogP contribution in [-0.4, -0.2) is 24.3 Å². The van der Waals surface area contributed by atoms with Gasteiger partial charge < -0.3 is 15.2 Å². The molecule has 1 saturated heterocycles. The quantitative estimate of drug-likeness (QED) is 0.618. The fourth-order valence-electron chi connectivity index (χ4n) is 5.14. The van der Waals surface area contributed by atoms with E-state index in [0.29, 0.717) is 11.7 Å². The van der Waals surface area contributed by atoms with Crippen molar-refractivity contribution in [3.05, 3.63) is 95.1 Å². The second-order valence-corrected chi connectivity index (χ2v) is 8.57. The Morgan fingerprint density at radius 3 is 2.47 bits per heavy atom. The average Bonchev–Trinajstić information content (AvgIpc) is 2.80. The van der Waals surface area contributed by atoms with Crippen molar-refractivity contribution in [2.45, 2.75) is 43.6 Å². The fourth-order valence-corrected chi connectivity index (χ4v) is 5.14. The summed E-state index contributed by atoms with van der Waals surface area (Å²) in [6.07, 6.45) is 4.63. The van der Waals surface area contributed by atoms with Gasteiger partial charge in [0, 0.05) is 12.5 Å². The Hall–Kier alpha value is -2.78. The van der Waals surface area contributed by atoms with Crippen LogP contribution in [0.2, 0.25) is 0 Å². The number of piperidine rings is 1. The number of hydrogen-bond donors (Lipinski definition) is 2. The molecule has 0 aromatic heterocycles. The molecule has 3 aromatic carbocycles. The van der Waals surface area contributed by atoms with Gasteiger partial charge >= 0.3 is 0 Å². The number of aromatic hydroxyl groups is 1. The number of ether oxygens (including phenoxy) is 1. The second kappa shape index (κ2) is 8.53. The van der Waals surface area contributed by atoms with Crippen LogP contribution < -0.4 is 10.1 Å². The van der Waals surface area contributed by atoms with Crippen LogP contribution in [0.4, 0.5) is 0 Å². The van der Waals surface area contributed by atoms with Gasteiger partial charge in [0.25, 0.3) is 0 Å². The number of nitrogens with one attached hydrogen (secondary N) is 1. The minimum atomic E-state index is 0.264. The van der Waals surface area contributed by atoms with Gasteiger partial charge in [-0.1, -0.05) is 48.5 Å². The number of hydrogen-bond acceptors (Lipinski definition) is 3. The Labute approximate surface area is 178 Å². The Morgan fingerprint density at radius 1 is 0.867 bits per heavy atom. The van der Waals surface area contributed by atoms with Crippen LogP contribution >= 0.6 is 0 Å². The lowest BCUT2D eigenvalue weighted by Gasteiger charge is -2.35. The number of benzene rings is 3. The van der Waals surface area contributed by atoms with Crippen LogP contribution in [0, 0.1) is 0 Å². The molecule has 1 heterocycles. The highest BCUT2D eigenvalue weighted by atomic mass is 16.5. The van der Waals surface area contributed by atoms with Gasteiger partial charge in [0.2, 0.25) is 0 Å². The van der Waals surface area contributed by atoms with Crippen LogP contribution in [-0.2, 0) is 6.42 Å². The van der Waals surface area contributed by atoms with E-state index >= 15 is 0 Å². The predicted octanol–water partition coefficient (Wildman–Crippen LogP) is 5.38. The fraction of sp³-hybridized carbons (Fsp3) is 0.333. The third kappa shape index (κ3) is 3.95. The van der Waals surface area contributed by atoms with Gasteiger partial charge in [-0.3, -0.25) is 0 Å². The van der Waals surface area contributed by atoms with Gasteiger partial charge in [0.1, 0.15) is 17.6 Å². The van der Waals surface area contributed by atoms with E-state index in [2.05, 4.69) is 66.0 Å². The van der Waals surface area contributed by atoms with Gasteiger partial charge in [-0.05, 0) is 84.7 Å². The Bertz CT molecular complexity index is 978. The predicted molar refractivity (Wildman–Crippen MR) is 120 cm³/mol. The first kappa shape index (κ1) is 19.2. The van der Waals surface area contributed by atoms with Crippen molar-refractivity contribution in [1.29, 1.82) is 0 Å². The molecule has 1 aliphatic heterocycles. The summed E-state index contributed by atoms with van der Waals surface area (Å²) in [5, 5.41) is 13.4. The maximum absolute atomic E-state index is 10.00. The zero-order valence-electron chi connectivity index (χ0n) is 17.3. The number of rotatable bonds is 4. The molecule has 3 atom stereocenters. The van der Waals surface area contributed by atoms with E-state index in [1.54, 1.807) is 0 Å². The first-order valence-corrected chi connectivity index (χ1v) is 11.1. The lowest BCUT2D eigenvalue weighted by molar-refractivity contribution is 0.167. The third-order valence-corrected chi connectivity index (χ3v) is 6.61. The normalized spacial score (nSPS) is 23.5. The zero-order valence-corrected chi connectivity index (χ0v) is 17.3. The zero-order chi connectivity index (χ0) is 20.3. The van der Waals surface area contributed by atoms with Crippen molar-refractivity contribution >= 4 is 0 Å². The summed E-state index contributed by atoms with van der Waals surface area (Å²) in [7, 11) is 0. The molecule has 0 amide bonds. The van der Waals surface area contributed by atoms with E-state index in [1.165, 1.54) is 28.7 Å². The van der Waals surface area contributed by atoms with Crippen LogP contribution in [0.15, 0.2) is 72.8 Å². The summed E-state index contributed by atoms with van der Waals surface area (Å²) in [5.74, 6) is 2.01. The molecule has 30 heavy (non-hydrogen) atoms. The highest BCUT2D eigenvalue weighted by molar-refractivity contribution is 5.48. The highest BCUT2D eigenvalue weighted by Gasteiger charge is 2.32. The van der Waals surface area contributed by atoms with Crippen molar-refractivity contribution in [3.8, 4) is 11.5 Å². The first-order valence-electron chi connectivity index (χ1n) is 11.1. The molecule has 5 rings (SSSR count). The second-order valence-electron chi connectivity index (χ2n) is 8.57. The molecule has 0 radical (unpaired) electrons. The summed E-state index contributed by atoms with van der Waals surface area (Å²) in [6.45, 7) is 2.02. The van der Waals surface area contributed by atoms with Crippen molar-refractivity contribution in [2.24, 2.45) is 0 Å². The minimum Gasteiger partial charge on any atom is -0.508 e. The molecule has 154 valence electrons. The number of phenolic OH excluding ortho intramolecular Hbond substituents is 1. The van der Waals surface area contributed by atoms with E-state index in [4.69, 9.17) is 4.74 Å². The summed E-state index contributed by atoms with van der Waals surface area (Å²) in [5.41, 5.74) is 5.29. The molecular formula is C27H29NO2. The van der Waals surface area contributed by atoms with Crippen LogP contribution in [0.3, 0.4) is 0 Å². The van der Waals surface area contributed by atoms with Crippen molar-refractivity contribution in [1.82, 2.24) is 5.32 Å². The van der Waals surface area contributed by atoms with Gasteiger partial charge in [-0.15, -0.1) is 0 Å². The molecule has 0 bridgehead atoms. The topological polar surface area (TPSA) is 41.5 Å². The van der Waals surface area contributed by atoms with E-state index in [0.717, 1.165) is 38.1 Å². The molecular weight excluding hydrogens is 370 g/mol. The maximum atomic E-state index is 10.00.